The van der Waals surface area contributed by atoms with Crippen LogP contribution in [0.1, 0.15) is 0 Å². The zero-order valence-corrected chi connectivity index (χ0v) is 14.8. The third-order valence-electron chi connectivity index (χ3n) is 2.65. The van der Waals surface area contributed by atoms with Gasteiger partial charge in [-0.25, -0.2) is 4.79 Å². The lowest BCUT2D eigenvalue weighted by molar-refractivity contribution is 0.649. The fourth-order valence-electron chi connectivity index (χ4n) is 1.44. The van der Waals surface area contributed by atoms with Gasteiger partial charge >= 0.3 is 5.69 Å². The molecule has 0 aliphatic carbocycles. The second-order valence-corrected chi connectivity index (χ2v) is 5.02. The second kappa shape index (κ2) is 10.2. The van der Waals surface area contributed by atoms with E-state index in [0.717, 1.165) is 4.57 Å². The predicted octanol–water partition coefficient (Wildman–Crippen LogP) is -1.83. The van der Waals surface area contributed by atoms with E-state index in [0.29, 0.717) is 10.2 Å². The van der Waals surface area contributed by atoms with Crippen LogP contribution in [0.15, 0.2) is 32.1 Å². The Bertz CT molecular complexity index is 752. The first-order chi connectivity index (χ1) is 11.5. The summed E-state index contributed by atoms with van der Waals surface area (Å²) in [6.07, 6.45) is 4.23. The van der Waals surface area contributed by atoms with Crippen molar-refractivity contribution in [1.29, 1.82) is 0 Å². The van der Waals surface area contributed by atoms with Crippen LogP contribution in [0.3, 0.4) is 0 Å². The first-order valence-electron chi connectivity index (χ1n) is 6.78. The molecule has 0 aromatic carbocycles. The zero-order valence-electron chi connectivity index (χ0n) is 13.1. The number of nitrogens with one attached hydrogen (secondary N) is 4. The molecule has 1 aromatic heterocycles. The lowest BCUT2D eigenvalue weighted by Gasteiger charge is -2.06. The van der Waals surface area contributed by atoms with Gasteiger partial charge in [-0.1, -0.05) is 0 Å². The third-order valence-corrected chi connectivity index (χ3v) is 3.24. The SMILES string of the molecule is CNC(=S)N/N=C\Cn1ccc(=O)n(C/C=N/NC(=S)NC)c1=O. The molecule has 0 fully saturated rings. The van der Waals surface area contributed by atoms with Crippen LogP contribution in [0.5, 0.6) is 0 Å². The van der Waals surface area contributed by atoms with Crippen LogP contribution in [0, 0.1) is 0 Å². The number of thiocarbonyl (C=S) groups is 2. The van der Waals surface area contributed by atoms with Crippen molar-refractivity contribution in [2.24, 2.45) is 10.2 Å². The molecule has 10 nitrogen and oxygen atoms in total. The molecule has 0 atom stereocenters. The van der Waals surface area contributed by atoms with E-state index in [2.05, 4.69) is 31.7 Å². The molecule has 1 rings (SSSR count). The minimum absolute atomic E-state index is 0.0110. The van der Waals surface area contributed by atoms with Crippen LogP contribution < -0.4 is 32.7 Å². The molecule has 0 saturated carbocycles. The van der Waals surface area contributed by atoms with Crippen LogP contribution in [-0.2, 0) is 13.1 Å². The highest BCUT2D eigenvalue weighted by Gasteiger charge is 2.03. The molecule has 1 aromatic rings. The zero-order chi connectivity index (χ0) is 17.9. The summed E-state index contributed by atoms with van der Waals surface area (Å²) < 4.78 is 2.36. The van der Waals surface area contributed by atoms with E-state index in [1.165, 1.54) is 29.3 Å². The van der Waals surface area contributed by atoms with Gasteiger partial charge in [0.05, 0.1) is 13.1 Å². The normalized spacial score (nSPS) is 10.8. The molecule has 0 amide bonds. The summed E-state index contributed by atoms with van der Waals surface area (Å²) in [5, 5.41) is 13.7. The largest absolute Gasteiger partial charge is 0.364 e. The molecule has 4 N–H and O–H groups in total. The van der Waals surface area contributed by atoms with Crippen LogP contribution in [-0.4, -0.2) is 45.9 Å². The standard InChI is InChI=1S/C12H18N8O2S2/c1-13-10(23)17-15-4-7-19-6-3-9(21)20(12(19)22)8-5-16-18-11(24)14-2/h3-6H,7-8H2,1-2H3,(H2,13,17,23)(H2,14,18,24)/b15-4-,16-5+. The van der Waals surface area contributed by atoms with Gasteiger partial charge in [-0.05, 0) is 24.4 Å². The highest BCUT2D eigenvalue weighted by molar-refractivity contribution is 7.80. The van der Waals surface area contributed by atoms with Crippen molar-refractivity contribution in [1.82, 2.24) is 30.6 Å². The van der Waals surface area contributed by atoms with Gasteiger partial charge in [0.1, 0.15) is 0 Å². The van der Waals surface area contributed by atoms with Gasteiger partial charge in [0, 0.05) is 38.8 Å². The summed E-state index contributed by atoms with van der Waals surface area (Å²) >= 11 is 9.69. The van der Waals surface area contributed by atoms with Gasteiger partial charge < -0.3 is 10.6 Å². The van der Waals surface area contributed by atoms with Crippen molar-refractivity contribution in [3.63, 3.8) is 0 Å². The number of hydrogen-bond acceptors (Lipinski definition) is 6. The van der Waals surface area contributed by atoms with E-state index >= 15 is 0 Å². The van der Waals surface area contributed by atoms with Crippen molar-refractivity contribution in [2.45, 2.75) is 13.1 Å². The molecule has 0 saturated heterocycles. The topological polar surface area (TPSA) is 117 Å². The third kappa shape index (κ3) is 6.26. The first-order valence-corrected chi connectivity index (χ1v) is 7.60. The lowest BCUT2D eigenvalue weighted by Crippen LogP contribution is -2.40. The van der Waals surface area contributed by atoms with Gasteiger partial charge in [-0.15, -0.1) is 0 Å². The quantitative estimate of drug-likeness (QED) is 0.262. The summed E-state index contributed by atoms with van der Waals surface area (Å²) in [5.41, 5.74) is 4.19. The van der Waals surface area contributed by atoms with E-state index in [1.807, 2.05) is 0 Å². The Kier molecular flexibility index (Phi) is 8.29. The Morgan fingerprint density at radius 3 is 2.17 bits per heavy atom. The molecule has 130 valence electrons. The molecular weight excluding hydrogens is 352 g/mol. The van der Waals surface area contributed by atoms with Gasteiger partial charge in [-0.2, -0.15) is 10.2 Å². The number of hydrogen-bond donors (Lipinski definition) is 4. The molecular formula is C12H18N8O2S2. The summed E-state index contributed by atoms with van der Waals surface area (Å²) in [6, 6.07) is 1.29. The van der Waals surface area contributed by atoms with Crippen LogP contribution in [0.2, 0.25) is 0 Å². The van der Waals surface area contributed by atoms with E-state index in [4.69, 9.17) is 24.4 Å². The van der Waals surface area contributed by atoms with Crippen molar-refractivity contribution in [3.8, 4) is 0 Å². The minimum Gasteiger partial charge on any atom is -0.364 e. The van der Waals surface area contributed by atoms with Crippen molar-refractivity contribution in [3.05, 3.63) is 33.1 Å². The molecule has 0 radical (unpaired) electrons. The predicted molar refractivity (Wildman–Crippen MR) is 102 cm³/mol. The molecule has 0 bridgehead atoms. The summed E-state index contributed by atoms with van der Waals surface area (Å²) in [7, 11) is 3.30. The average molecular weight is 370 g/mol. The van der Waals surface area contributed by atoms with Gasteiger partial charge in [0.25, 0.3) is 5.56 Å². The van der Waals surface area contributed by atoms with Crippen LogP contribution in [0.4, 0.5) is 0 Å². The van der Waals surface area contributed by atoms with E-state index in [1.54, 1.807) is 14.1 Å². The number of nitrogens with zero attached hydrogens (tertiary/aromatic N) is 4. The van der Waals surface area contributed by atoms with Gasteiger partial charge in [0.15, 0.2) is 10.2 Å². The lowest BCUT2D eigenvalue weighted by atomic mass is 10.5. The minimum atomic E-state index is -0.479. The molecule has 12 heteroatoms. The summed E-state index contributed by atoms with van der Waals surface area (Å²) in [6.45, 7) is 0.189. The number of aromatic nitrogens is 2. The Labute approximate surface area is 148 Å². The van der Waals surface area contributed by atoms with Crippen molar-refractivity contribution in [2.75, 3.05) is 14.1 Å². The molecule has 0 aliphatic rings. The highest BCUT2D eigenvalue weighted by Crippen LogP contribution is 1.78. The monoisotopic (exact) mass is 370 g/mol. The van der Waals surface area contributed by atoms with Crippen LogP contribution >= 0.6 is 24.4 Å². The second-order valence-electron chi connectivity index (χ2n) is 4.20. The highest BCUT2D eigenvalue weighted by atomic mass is 32.1. The molecule has 0 spiro atoms. The number of rotatable bonds is 6. The van der Waals surface area contributed by atoms with Crippen molar-refractivity contribution < 1.29 is 0 Å². The van der Waals surface area contributed by atoms with E-state index in [9.17, 15) is 9.59 Å². The smallest absolute Gasteiger partial charge is 0.331 e. The summed E-state index contributed by atoms with van der Waals surface area (Å²) in [5.74, 6) is 0. The maximum absolute atomic E-state index is 12.2. The molecule has 24 heavy (non-hydrogen) atoms. The Hall–Kier alpha value is -2.60. The fraction of sp³-hybridized carbons (Fsp3) is 0.333. The fourth-order valence-corrected chi connectivity index (χ4v) is 1.54. The van der Waals surface area contributed by atoms with E-state index < -0.39 is 11.2 Å². The molecule has 0 aliphatic heterocycles. The summed E-state index contributed by atoms with van der Waals surface area (Å²) in [4.78, 5) is 24.0. The van der Waals surface area contributed by atoms with Gasteiger partial charge in [-0.3, -0.25) is 24.8 Å². The Balaban J connectivity index is 2.77. The molecule has 1 heterocycles. The Morgan fingerprint density at radius 2 is 1.62 bits per heavy atom. The van der Waals surface area contributed by atoms with Crippen LogP contribution in [0.25, 0.3) is 0 Å². The molecule has 0 unspecified atom stereocenters. The Morgan fingerprint density at radius 1 is 1.08 bits per heavy atom. The maximum Gasteiger partial charge on any atom is 0.331 e. The van der Waals surface area contributed by atoms with Gasteiger partial charge in [0.2, 0.25) is 0 Å². The first kappa shape index (κ1) is 19.4. The van der Waals surface area contributed by atoms with E-state index in [-0.39, 0.29) is 13.1 Å². The average Bonchev–Trinajstić information content (AvgIpc) is 2.58. The van der Waals surface area contributed by atoms with Crippen molar-refractivity contribution >= 4 is 47.1 Å². The number of hydrazone groups is 2. The maximum atomic E-state index is 12.2.